The molecule has 0 aromatic heterocycles. The van der Waals surface area contributed by atoms with Gasteiger partial charge in [0.25, 0.3) is 0 Å². The van der Waals surface area contributed by atoms with Gasteiger partial charge in [0, 0.05) is 0 Å². The zero-order chi connectivity index (χ0) is 15.0. The number of rotatable bonds is 2. The van der Waals surface area contributed by atoms with E-state index < -0.39 is 11.2 Å². The minimum atomic E-state index is -0.671. The van der Waals surface area contributed by atoms with Crippen LogP contribution in [-0.2, 0) is 4.74 Å². The van der Waals surface area contributed by atoms with Crippen LogP contribution >= 0.6 is 0 Å². The summed E-state index contributed by atoms with van der Waals surface area (Å²) < 4.78 is 5.33. The van der Waals surface area contributed by atoms with Crippen molar-refractivity contribution in [2.24, 2.45) is 11.8 Å². The average Bonchev–Trinajstić information content (AvgIpc) is 2.33. The van der Waals surface area contributed by atoms with Crippen molar-refractivity contribution in [2.45, 2.75) is 71.0 Å². The van der Waals surface area contributed by atoms with Crippen molar-refractivity contribution in [3.05, 3.63) is 0 Å². The topological polar surface area (TPSA) is 49.8 Å². The van der Waals surface area contributed by atoms with Crippen molar-refractivity contribution in [2.75, 3.05) is 13.1 Å². The molecule has 1 aliphatic heterocycles. The number of carbonyl (C=O) groups is 1. The van der Waals surface area contributed by atoms with E-state index in [2.05, 4.69) is 6.92 Å². The zero-order valence-corrected chi connectivity index (χ0v) is 13.3. The van der Waals surface area contributed by atoms with Gasteiger partial charge in [-0.3, -0.25) is 0 Å². The van der Waals surface area contributed by atoms with Crippen LogP contribution in [0.1, 0.15) is 59.8 Å². The maximum Gasteiger partial charge on any atom is 0.410 e. The van der Waals surface area contributed by atoms with Crippen LogP contribution in [0.25, 0.3) is 0 Å². The summed E-state index contributed by atoms with van der Waals surface area (Å²) >= 11 is 0. The quantitative estimate of drug-likeness (QED) is 0.846. The van der Waals surface area contributed by atoms with E-state index in [-0.39, 0.29) is 6.09 Å². The standard InChI is InChI=1S/C16H29NO3/c1-5-12-6-8-13(9-7-12)16(19)10-17(11-16)14(18)20-15(2,3)4/h12-13,19H,5-11H2,1-4H3. The summed E-state index contributed by atoms with van der Waals surface area (Å²) in [6.07, 6.45) is 5.57. The molecule has 2 rings (SSSR count). The summed E-state index contributed by atoms with van der Waals surface area (Å²) in [6, 6.07) is 0. The van der Waals surface area contributed by atoms with Gasteiger partial charge in [-0.25, -0.2) is 4.79 Å². The molecule has 1 heterocycles. The van der Waals surface area contributed by atoms with Gasteiger partial charge in [0.15, 0.2) is 0 Å². The van der Waals surface area contributed by atoms with Gasteiger partial charge in [0.2, 0.25) is 0 Å². The number of carbonyl (C=O) groups excluding carboxylic acids is 1. The van der Waals surface area contributed by atoms with Gasteiger partial charge in [0.1, 0.15) is 11.2 Å². The van der Waals surface area contributed by atoms with Crippen molar-refractivity contribution in [3.8, 4) is 0 Å². The summed E-state index contributed by atoms with van der Waals surface area (Å²) in [6.45, 7) is 8.70. The Balaban J connectivity index is 1.81. The molecule has 1 N–H and O–H groups in total. The fraction of sp³-hybridized carbons (Fsp3) is 0.938. The Morgan fingerprint density at radius 3 is 2.25 bits per heavy atom. The molecule has 0 unspecified atom stereocenters. The van der Waals surface area contributed by atoms with Crippen LogP contribution in [0.3, 0.4) is 0 Å². The highest BCUT2D eigenvalue weighted by atomic mass is 16.6. The molecule has 0 aromatic carbocycles. The summed E-state index contributed by atoms with van der Waals surface area (Å²) in [7, 11) is 0. The maximum atomic E-state index is 11.9. The highest BCUT2D eigenvalue weighted by molar-refractivity contribution is 5.69. The number of amides is 1. The van der Waals surface area contributed by atoms with Gasteiger partial charge in [-0.2, -0.15) is 0 Å². The summed E-state index contributed by atoms with van der Waals surface area (Å²) in [5, 5.41) is 10.7. The second-order valence-electron chi connectivity index (χ2n) is 7.57. The smallest absolute Gasteiger partial charge is 0.410 e. The fourth-order valence-electron chi connectivity index (χ4n) is 3.44. The maximum absolute atomic E-state index is 11.9. The van der Waals surface area contributed by atoms with Crippen LogP contribution in [0.2, 0.25) is 0 Å². The number of β-amino-alcohol motifs (C(OH)–C–C–N with tert-alkyl or cyclic N) is 1. The molecule has 1 saturated carbocycles. The summed E-state index contributed by atoms with van der Waals surface area (Å²) in [4.78, 5) is 13.5. The summed E-state index contributed by atoms with van der Waals surface area (Å²) in [5.41, 5.74) is -1.14. The van der Waals surface area contributed by atoms with E-state index in [4.69, 9.17) is 4.74 Å². The number of likely N-dealkylation sites (tertiary alicyclic amines) is 1. The normalized spacial score (nSPS) is 29.8. The average molecular weight is 283 g/mol. The Hall–Kier alpha value is -0.770. The molecule has 0 spiro atoms. The molecule has 4 heteroatoms. The highest BCUT2D eigenvalue weighted by Crippen LogP contribution is 2.41. The predicted molar refractivity (Wildman–Crippen MR) is 78.5 cm³/mol. The number of ether oxygens (including phenoxy) is 1. The van der Waals surface area contributed by atoms with E-state index in [9.17, 15) is 9.90 Å². The van der Waals surface area contributed by atoms with Crippen LogP contribution in [0.15, 0.2) is 0 Å². The van der Waals surface area contributed by atoms with E-state index in [0.29, 0.717) is 19.0 Å². The SMILES string of the molecule is CCC1CCC(C2(O)CN(C(=O)OC(C)(C)C)C2)CC1. The molecule has 1 saturated heterocycles. The van der Waals surface area contributed by atoms with Crippen molar-refractivity contribution >= 4 is 6.09 Å². The molecule has 0 radical (unpaired) electrons. The summed E-state index contributed by atoms with van der Waals surface area (Å²) in [5.74, 6) is 1.18. The Morgan fingerprint density at radius 1 is 1.25 bits per heavy atom. The first-order valence-corrected chi connectivity index (χ1v) is 7.94. The van der Waals surface area contributed by atoms with Crippen molar-refractivity contribution in [3.63, 3.8) is 0 Å². The fourth-order valence-corrected chi connectivity index (χ4v) is 3.44. The van der Waals surface area contributed by atoms with Crippen LogP contribution in [0.5, 0.6) is 0 Å². The lowest BCUT2D eigenvalue weighted by molar-refractivity contribution is -0.140. The predicted octanol–water partition coefficient (Wildman–Crippen LogP) is 3.18. The molecule has 0 aromatic rings. The number of hydrogen-bond donors (Lipinski definition) is 1. The van der Waals surface area contributed by atoms with Gasteiger partial charge in [-0.1, -0.05) is 26.2 Å². The molecule has 20 heavy (non-hydrogen) atoms. The van der Waals surface area contributed by atoms with Crippen LogP contribution in [0, 0.1) is 11.8 Å². The van der Waals surface area contributed by atoms with Gasteiger partial charge in [-0.05, 0) is 45.4 Å². The largest absolute Gasteiger partial charge is 0.444 e. The number of hydrogen-bond acceptors (Lipinski definition) is 3. The molecule has 0 bridgehead atoms. The van der Waals surface area contributed by atoms with E-state index in [1.165, 1.54) is 19.3 Å². The second-order valence-corrected chi connectivity index (χ2v) is 7.57. The highest BCUT2D eigenvalue weighted by Gasteiger charge is 2.50. The molecule has 1 aliphatic carbocycles. The van der Waals surface area contributed by atoms with Crippen LogP contribution in [0.4, 0.5) is 4.79 Å². The Kier molecular flexibility index (Phi) is 4.33. The van der Waals surface area contributed by atoms with E-state index >= 15 is 0 Å². The second kappa shape index (κ2) is 5.55. The Bertz CT molecular complexity index is 347. The third-order valence-corrected chi connectivity index (χ3v) is 4.77. The molecule has 2 aliphatic rings. The van der Waals surface area contributed by atoms with Crippen molar-refractivity contribution in [1.29, 1.82) is 0 Å². The lowest BCUT2D eigenvalue weighted by atomic mass is 9.70. The molecular weight excluding hydrogens is 254 g/mol. The van der Waals surface area contributed by atoms with E-state index in [1.807, 2.05) is 20.8 Å². The first-order chi connectivity index (χ1) is 9.23. The number of nitrogens with zero attached hydrogens (tertiary/aromatic N) is 1. The molecular formula is C16H29NO3. The molecule has 1 amide bonds. The lowest BCUT2D eigenvalue weighted by Gasteiger charge is -2.51. The molecule has 116 valence electrons. The van der Waals surface area contributed by atoms with Gasteiger partial charge < -0.3 is 14.7 Å². The van der Waals surface area contributed by atoms with Crippen LogP contribution in [-0.4, -0.2) is 40.4 Å². The van der Waals surface area contributed by atoms with Crippen molar-refractivity contribution in [1.82, 2.24) is 4.90 Å². The van der Waals surface area contributed by atoms with E-state index in [1.54, 1.807) is 4.90 Å². The third-order valence-electron chi connectivity index (χ3n) is 4.77. The Morgan fingerprint density at radius 2 is 1.80 bits per heavy atom. The monoisotopic (exact) mass is 283 g/mol. The molecule has 4 nitrogen and oxygen atoms in total. The van der Waals surface area contributed by atoms with E-state index in [0.717, 1.165) is 18.8 Å². The number of aliphatic hydroxyl groups is 1. The Labute approximate surface area is 122 Å². The van der Waals surface area contributed by atoms with Gasteiger partial charge >= 0.3 is 6.09 Å². The zero-order valence-electron chi connectivity index (χ0n) is 13.3. The first-order valence-electron chi connectivity index (χ1n) is 7.94. The molecule has 2 fully saturated rings. The minimum absolute atomic E-state index is 0.301. The van der Waals surface area contributed by atoms with Gasteiger partial charge in [-0.15, -0.1) is 0 Å². The minimum Gasteiger partial charge on any atom is -0.444 e. The first kappa shape index (κ1) is 15.6. The van der Waals surface area contributed by atoms with Gasteiger partial charge in [0.05, 0.1) is 13.1 Å². The van der Waals surface area contributed by atoms with Crippen molar-refractivity contribution < 1.29 is 14.6 Å². The lowest BCUT2D eigenvalue weighted by Crippen LogP contribution is -2.67. The van der Waals surface area contributed by atoms with Crippen LogP contribution < -0.4 is 0 Å². The third kappa shape index (κ3) is 3.46. The molecule has 0 atom stereocenters.